The van der Waals surface area contributed by atoms with Gasteiger partial charge in [0.15, 0.2) is 0 Å². The van der Waals surface area contributed by atoms with Crippen LogP contribution in [0.5, 0.6) is 0 Å². The molecule has 0 aliphatic carbocycles. The van der Waals surface area contributed by atoms with E-state index >= 15 is 0 Å². The number of nitrogens with one attached hydrogen (secondary N) is 2. The lowest BCUT2D eigenvalue weighted by molar-refractivity contribution is -0.393. The molecular formula is C27H46N4O15. The zero-order valence-electron chi connectivity index (χ0n) is 25.9. The minimum atomic E-state index is -1.07. The number of rotatable bonds is 33. The number of carboxylic acid groups (broad SMARTS) is 1. The second kappa shape index (κ2) is 29.2. The Bertz CT molecular complexity index is 944. The van der Waals surface area contributed by atoms with Gasteiger partial charge in [0, 0.05) is 19.2 Å². The number of nitro benzene ring substituents is 2. The van der Waals surface area contributed by atoms with E-state index in [0.717, 1.165) is 6.07 Å². The normalized spacial score (nSPS) is 11.0. The molecule has 0 heterocycles. The Balaban J connectivity index is 1.75. The fourth-order valence-corrected chi connectivity index (χ4v) is 3.28. The molecule has 0 spiro atoms. The number of amides is 1. The number of benzene rings is 1. The zero-order valence-corrected chi connectivity index (χ0v) is 25.9. The van der Waals surface area contributed by atoms with E-state index in [1.54, 1.807) is 0 Å². The first-order valence-corrected chi connectivity index (χ1v) is 14.7. The van der Waals surface area contributed by atoms with E-state index in [0.29, 0.717) is 112 Å². The van der Waals surface area contributed by atoms with Crippen LogP contribution in [0.2, 0.25) is 0 Å². The lowest BCUT2D eigenvalue weighted by atomic mass is 10.2. The van der Waals surface area contributed by atoms with Crippen LogP contribution >= 0.6 is 0 Å². The van der Waals surface area contributed by atoms with Gasteiger partial charge >= 0.3 is 6.09 Å². The predicted octanol–water partition coefficient (Wildman–Crippen LogP) is 1.33. The molecule has 1 aromatic rings. The maximum absolute atomic E-state index is 11.1. The smallest absolute Gasteiger partial charge is 0.404 e. The van der Waals surface area contributed by atoms with Crippen molar-refractivity contribution in [3.8, 4) is 0 Å². The number of ether oxygens (including phenoxy) is 9. The number of hydrogen-bond donors (Lipinski definition) is 3. The van der Waals surface area contributed by atoms with Gasteiger partial charge in [0.05, 0.1) is 135 Å². The summed E-state index contributed by atoms with van der Waals surface area (Å²) in [7, 11) is 0. The molecule has 1 amide bonds. The maximum atomic E-state index is 11.1. The van der Waals surface area contributed by atoms with Crippen molar-refractivity contribution in [1.29, 1.82) is 0 Å². The Morgan fingerprint density at radius 2 is 0.913 bits per heavy atom. The van der Waals surface area contributed by atoms with Gasteiger partial charge in [-0.1, -0.05) is 0 Å². The first kappa shape index (κ1) is 40.8. The van der Waals surface area contributed by atoms with E-state index in [2.05, 4.69) is 10.6 Å². The van der Waals surface area contributed by atoms with Crippen LogP contribution in [-0.2, 0) is 42.6 Å². The molecule has 0 bridgehead atoms. The van der Waals surface area contributed by atoms with Gasteiger partial charge in [-0.3, -0.25) is 20.2 Å². The van der Waals surface area contributed by atoms with Crippen LogP contribution in [0.1, 0.15) is 0 Å². The van der Waals surface area contributed by atoms with E-state index in [1.165, 1.54) is 12.1 Å². The predicted molar refractivity (Wildman–Crippen MR) is 162 cm³/mol. The highest BCUT2D eigenvalue weighted by atomic mass is 16.6. The molecule has 3 N–H and O–H groups in total. The van der Waals surface area contributed by atoms with Crippen molar-refractivity contribution < 1.29 is 62.4 Å². The molecule has 0 radical (unpaired) electrons. The Kier molecular flexibility index (Phi) is 25.8. The average Bonchev–Trinajstić information content (AvgIpc) is 3.03. The average molecular weight is 667 g/mol. The van der Waals surface area contributed by atoms with Crippen LogP contribution in [0.4, 0.5) is 21.9 Å². The number of nitro groups is 2. The minimum Gasteiger partial charge on any atom is -0.465 e. The third-order valence-corrected chi connectivity index (χ3v) is 5.45. The quantitative estimate of drug-likeness (QED) is 0.0545. The highest BCUT2D eigenvalue weighted by Gasteiger charge is 2.19. The Hall–Kier alpha value is -3.27. The molecule has 264 valence electrons. The van der Waals surface area contributed by atoms with Gasteiger partial charge in [-0.05, 0) is 6.07 Å². The summed E-state index contributed by atoms with van der Waals surface area (Å²) >= 11 is 0. The van der Waals surface area contributed by atoms with Crippen molar-refractivity contribution in [1.82, 2.24) is 5.32 Å². The number of hydrogen-bond acceptors (Lipinski definition) is 15. The molecule has 0 atom stereocenters. The van der Waals surface area contributed by atoms with Crippen molar-refractivity contribution in [2.24, 2.45) is 0 Å². The number of anilines is 1. The number of carbonyl (C=O) groups is 1. The van der Waals surface area contributed by atoms with Crippen LogP contribution in [0, 0.1) is 20.2 Å². The second-order valence-electron chi connectivity index (χ2n) is 8.89. The largest absolute Gasteiger partial charge is 0.465 e. The summed E-state index contributed by atoms with van der Waals surface area (Å²) in [5, 5.41) is 35.4. The number of non-ortho nitro benzene ring substituents is 1. The summed E-state index contributed by atoms with van der Waals surface area (Å²) in [6.45, 7) is 7.80. The summed E-state index contributed by atoms with van der Waals surface area (Å²) in [5.74, 6) is 0. The number of nitrogens with zero attached hydrogens (tertiary/aromatic N) is 2. The first-order valence-electron chi connectivity index (χ1n) is 14.7. The summed E-state index contributed by atoms with van der Waals surface area (Å²) in [6, 6.07) is 3.41. The third kappa shape index (κ3) is 24.0. The Labute approximate surface area is 266 Å². The van der Waals surface area contributed by atoms with E-state index in [4.69, 9.17) is 47.7 Å². The molecule has 46 heavy (non-hydrogen) atoms. The minimum absolute atomic E-state index is 0.180. The zero-order chi connectivity index (χ0) is 33.5. The molecule has 0 aliphatic rings. The maximum Gasteiger partial charge on any atom is 0.404 e. The molecule has 19 nitrogen and oxygen atoms in total. The fraction of sp³-hybridized carbons (Fsp3) is 0.741. The van der Waals surface area contributed by atoms with E-state index in [1.807, 2.05) is 0 Å². The lowest BCUT2D eigenvalue weighted by Crippen LogP contribution is -2.25. The standard InChI is InChI=1S/C27H46N4O15/c32-27(33)29-4-6-39-8-10-41-12-14-43-16-18-45-20-22-46-21-19-44-17-15-42-13-11-40-9-7-38-5-3-28-25-2-1-24(30(34)35)23-26(25)31(36)37/h1-2,23,28-29H,3-22H2,(H,32,33). The van der Waals surface area contributed by atoms with Crippen molar-refractivity contribution in [2.45, 2.75) is 0 Å². The molecule has 0 saturated carbocycles. The van der Waals surface area contributed by atoms with Gasteiger partial charge in [0.2, 0.25) is 0 Å². The van der Waals surface area contributed by atoms with Crippen molar-refractivity contribution in [3.63, 3.8) is 0 Å². The highest BCUT2D eigenvalue weighted by molar-refractivity contribution is 5.65. The molecule has 0 fully saturated rings. The SMILES string of the molecule is O=C(O)NCCOCCOCCOCCOCCOCCOCCOCCOCCOCCNc1ccc([N+](=O)[O-])cc1[N+](=O)[O-]. The van der Waals surface area contributed by atoms with Crippen LogP contribution in [0.25, 0.3) is 0 Å². The topological polar surface area (TPSA) is 231 Å². The summed E-state index contributed by atoms with van der Waals surface area (Å²) < 4.78 is 48.4. The van der Waals surface area contributed by atoms with Gasteiger partial charge < -0.3 is 58.4 Å². The summed E-state index contributed by atoms with van der Waals surface area (Å²) in [4.78, 5) is 30.8. The van der Waals surface area contributed by atoms with Crippen LogP contribution in [0.3, 0.4) is 0 Å². The van der Waals surface area contributed by atoms with Crippen molar-refractivity contribution >= 4 is 23.2 Å². The molecule has 19 heteroatoms. The summed E-state index contributed by atoms with van der Waals surface area (Å²) in [5.41, 5.74) is -0.542. The third-order valence-electron chi connectivity index (χ3n) is 5.45. The first-order chi connectivity index (χ1) is 22.4. The van der Waals surface area contributed by atoms with Crippen molar-refractivity contribution in [3.05, 3.63) is 38.4 Å². The van der Waals surface area contributed by atoms with Crippen LogP contribution in [-0.4, -0.2) is 153 Å². The Morgan fingerprint density at radius 1 is 0.565 bits per heavy atom. The fourth-order valence-electron chi connectivity index (χ4n) is 3.28. The molecular weight excluding hydrogens is 620 g/mol. The van der Waals surface area contributed by atoms with Gasteiger partial charge in [0.25, 0.3) is 11.4 Å². The molecule has 0 unspecified atom stereocenters. The van der Waals surface area contributed by atoms with Crippen LogP contribution in [0.15, 0.2) is 18.2 Å². The van der Waals surface area contributed by atoms with E-state index in [9.17, 15) is 25.0 Å². The van der Waals surface area contributed by atoms with E-state index in [-0.39, 0.29) is 36.8 Å². The van der Waals surface area contributed by atoms with Crippen molar-refractivity contribution in [2.75, 3.05) is 137 Å². The monoisotopic (exact) mass is 666 g/mol. The van der Waals surface area contributed by atoms with Gasteiger partial charge in [0.1, 0.15) is 5.69 Å². The van der Waals surface area contributed by atoms with Gasteiger partial charge in [-0.2, -0.15) is 0 Å². The molecule has 0 saturated heterocycles. The highest BCUT2D eigenvalue weighted by Crippen LogP contribution is 2.28. The molecule has 0 aliphatic heterocycles. The Morgan fingerprint density at radius 3 is 1.24 bits per heavy atom. The van der Waals surface area contributed by atoms with Gasteiger partial charge in [-0.25, -0.2) is 4.79 Å². The molecule has 1 rings (SSSR count). The van der Waals surface area contributed by atoms with Gasteiger partial charge in [-0.15, -0.1) is 0 Å². The second-order valence-corrected chi connectivity index (χ2v) is 8.89. The summed E-state index contributed by atoms with van der Waals surface area (Å²) in [6.07, 6.45) is -1.07. The van der Waals surface area contributed by atoms with E-state index < -0.39 is 15.9 Å². The molecule has 0 aromatic heterocycles. The van der Waals surface area contributed by atoms with Crippen LogP contribution < -0.4 is 10.6 Å². The lowest BCUT2D eigenvalue weighted by Gasteiger charge is -2.09. The molecule has 1 aromatic carbocycles.